The Morgan fingerprint density at radius 1 is 1.24 bits per heavy atom. The molecule has 118 valence electrons. The Morgan fingerprint density at radius 3 is 2.43 bits per heavy atom. The molecule has 0 aromatic heterocycles. The normalized spacial score (nSPS) is 23.5. The van der Waals surface area contributed by atoms with Gasteiger partial charge < -0.3 is 9.74 Å². The molecule has 1 heterocycles. The number of rotatable bonds is 4. The summed E-state index contributed by atoms with van der Waals surface area (Å²) < 4.78 is 7.66. The second-order valence-corrected chi connectivity index (χ2v) is 13.3. The average molecular weight is 370 g/mol. The summed E-state index contributed by atoms with van der Waals surface area (Å²) in [5.41, 5.74) is 1.39. The molecule has 1 fully saturated rings. The van der Waals surface area contributed by atoms with E-state index < -0.39 is 8.32 Å². The molecule has 4 heteroatoms. The van der Waals surface area contributed by atoms with Gasteiger partial charge in [-0.05, 0) is 48.7 Å². The highest BCUT2D eigenvalue weighted by Crippen LogP contribution is 2.38. The third kappa shape index (κ3) is 4.65. The summed E-state index contributed by atoms with van der Waals surface area (Å²) >= 11 is 3.49. The minimum atomic E-state index is -1.65. The van der Waals surface area contributed by atoms with Gasteiger partial charge in [0, 0.05) is 17.1 Å². The fourth-order valence-corrected chi connectivity index (χ4v) is 4.16. The number of benzene rings is 1. The van der Waals surface area contributed by atoms with Crippen molar-refractivity contribution in [1.29, 1.82) is 0 Å². The summed E-state index contributed by atoms with van der Waals surface area (Å²) in [6.45, 7) is 12.6. The summed E-state index contributed by atoms with van der Waals surface area (Å²) in [4.78, 5) is 0. The Labute approximate surface area is 138 Å². The van der Waals surface area contributed by atoms with Gasteiger partial charge in [-0.25, -0.2) is 0 Å². The number of nitrogens with one attached hydrogen (secondary N) is 1. The molecule has 0 amide bonds. The minimum absolute atomic E-state index is 0.288. The Hall–Kier alpha value is -0.163. The molecule has 0 spiro atoms. The van der Waals surface area contributed by atoms with E-state index in [1.165, 1.54) is 5.56 Å². The van der Waals surface area contributed by atoms with Crippen LogP contribution in [-0.2, 0) is 10.8 Å². The van der Waals surface area contributed by atoms with Gasteiger partial charge in [0.25, 0.3) is 0 Å². The first-order valence-corrected chi connectivity index (χ1v) is 11.5. The molecule has 0 unspecified atom stereocenters. The molecule has 21 heavy (non-hydrogen) atoms. The Kier molecular flexibility index (Phi) is 5.34. The van der Waals surface area contributed by atoms with Crippen LogP contribution < -0.4 is 5.32 Å². The predicted molar refractivity (Wildman–Crippen MR) is 96.3 cm³/mol. The summed E-state index contributed by atoms with van der Waals surface area (Å²) in [7, 11) is -1.65. The largest absolute Gasteiger partial charge is 0.413 e. The van der Waals surface area contributed by atoms with Crippen molar-refractivity contribution in [2.24, 2.45) is 0 Å². The van der Waals surface area contributed by atoms with Gasteiger partial charge in [0.2, 0.25) is 0 Å². The molecule has 1 saturated heterocycles. The number of hydrogen-bond donors (Lipinski definition) is 1. The molecular formula is C17H28BrNOSi. The standard InChI is InChI=1S/C17H28BrNOSi/c1-17(2,3)21(4,5)20-16-11-15(19-12-16)10-13-6-8-14(18)9-7-13/h6-9,15-16,19H,10-12H2,1-5H3/t15-,16+/m0/s1. The minimum Gasteiger partial charge on any atom is -0.413 e. The van der Waals surface area contributed by atoms with Gasteiger partial charge in [-0.1, -0.05) is 48.8 Å². The van der Waals surface area contributed by atoms with Gasteiger partial charge in [0.15, 0.2) is 8.32 Å². The predicted octanol–water partition coefficient (Wildman–Crippen LogP) is 4.74. The van der Waals surface area contributed by atoms with Crippen molar-refractivity contribution in [3.05, 3.63) is 34.3 Å². The smallest absolute Gasteiger partial charge is 0.192 e. The van der Waals surface area contributed by atoms with Crippen LogP contribution in [0.25, 0.3) is 0 Å². The maximum atomic E-state index is 6.52. The summed E-state index contributed by atoms with van der Waals surface area (Å²) in [6.07, 6.45) is 2.60. The molecule has 0 aliphatic carbocycles. The zero-order chi connectivity index (χ0) is 15.7. The van der Waals surface area contributed by atoms with E-state index in [9.17, 15) is 0 Å². The fraction of sp³-hybridized carbons (Fsp3) is 0.647. The third-order valence-electron chi connectivity index (χ3n) is 4.84. The second kappa shape index (κ2) is 6.53. The van der Waals surface area contributed by atoms with Crippen molar-refractivity contribution < 1.29 is 4.43 Å². The van der Waals surface area contributed by atoms with Gasteiger partial charge in [0.1, 0.15) is 0 Å². The van der Waals surface area contributed by atoms with Crippen LogP contribution in [0.5, 0.6) is 0 Å². The fourth-order valence-electron chi connectivity index (χ4n) is 2.53. The van der Waals surface area contributed by atoms with E-state index in [1.54, 1.807) is 0 Å². The molecule has 0 radical (unpaired) electrons. The molecule has 1 N–H and O–H groups in total. The topological polar surface area (TPSA) is 21.3 Å². The number of halogens is 1. The molecule has 1 aromatic rings. The van der Waals surface area contributed by atoms with E-state index in [1.807, 2.05) is 0 Å². The van der Waals surface area contributed by atoms with Gasteiger partial charge in [-0.3, -0.25) is 0 Å². The van der Waals surface area contributed by atoms with E-state index in [0.29, 0.717) is 12.1 Å². The first kappa shape index (κ1) is 17.2. The summed E-state index contributed by atoms with van der Waals surface area (Å²) in [5.74, 6) is 0. The van der Waals surface area contributed by atoms with Crippen LogP contribution in [0.4, 0.5) is 0 Å². The average Bonchev–Trinajstić information content (AvgIpc) is 2.77. The van der Waals surface area contributed by atoms with Crippen molar-refractivity contribution in [2.75, 3.05) is 6.54 Å². The van der Waals surface area contributed by atoms with E-state index in [-0.39, 0.29) is 5.04 Å². The van der Waals surface area contributed by atoms with Crippen LogP contribution in [0.3, 0.4) is 0 Å². The van der Waals surface area contributed by atoms with E-state index in [2.05, 4.69) is 79.4 Å². The summed E-state index contributed by atoms with van der Waals surface area (Å²) in [5, 5.41) is 3.92. The second-order valence-electron chi connectivity index (χ2n) is 7.67. The van der Waals surface area contributed by atoms with E-state index in [4.69, 9.17) is 4.43 Å². The van der Waals surface area contributed by atoms with Crippen LogP contribution in [-0.4, -0.2) is 27.0 Å². The highest BCUT2D eigenvalue weighted by atomic mass is 79.9. The Bertz CT molecular complexity index is 467. The lowest BCUT2D eigenvalue weighted by atomic mass is 10.0. The van der Waals surface area contributed by atoms with Crippen molar-refractivity contribution in [1.82, 2.24) is 5.32 Å². The zero-order valence-electron chi connectivity index (χ0n) is 13.9. The lowest BCUT2D eigenvalue weighted by molar-refractivity contribution is 0.197. The molecule has 2 nitrogen and oxygen atoms in total. The number of hydrogen-bond acceptors (Lipinski definition) is 2. The van der Waals surface area contributed by atoms with Crippen LogP contribution in [0, 0.1) is 0 Å². The van der Waals surface area contributed by atoms with Crippen LogP contribution in [0.15, 0.2) is 28.7 Å². The van der Waals surface area contributed by atoms with Crippen molar-refractivity contribution in [3.8, 4) is 0 Å². The monoisotopic (exact) mass is 369 g/mol. The lowest BCUT2D eigenvalue weighted by Crippen LogP contribution is -2.44. The van der Waals surface area contributed by atoms with Crippen LogP contribution in [0.1, 0.15) is 32.8 Å². The van der Waals surface area contributed by atoms with Gasteiger partial charge in [-0.15, -0.1) is 0 Å². The van der Waals surface area contributed by atoms with Gasteiger partial charge in [0.05, 0.1) is 6.10 Å². The van der Waals surface area contributed by atoms with Crippen molar-refractivity contribution in [3.63, 3.8) is 0 Å². The SMILES string of the molecule is CC(C)(C)[Si](C)(C)O[C@H]1CN[C@@H](Cc2ccc(Br)cc2)C1. The molecule has 2 rings (SSSR count). The van der Waals surface area contributed by atoms with Crippen molar-refractivity contribution in [2.45, 2.75) is 63.9 Å². The first-order chi connectivity index (χ1) is 9.67. The van der Waals surface area contributed by atoms with Crippen LogP contribution in [0.2, 0.25) is 18.1 Å². The van der Waals surface area contributed by atoms with E-state index >= 15 is 0 Å². The van der Waals surface area contributed by atoms with Crippen molar-refractivity contribution >= 4 is 24.2 Å². The molecule has 1 aliphatic heterocycles. The van der Waals surface area contributed by atoms with Gasteiger partial charge in [-0.2, -0.15) is 0 Å². The highest BCUT2D eigenvalue weighted by molar-refractivity contribution is 9.10. The first-order valence-electron chi connectivity index (χ1n) is 7.83. The quantitative estimate of drug-likeness (QED) is 0.773. The van der Waals surface area contributed by atoms with E-state index in [0.717, 1.165) is 23.9 Å². The highest BCUT2D eigenvalue weighted by Gasteiger charge is 2.40. The Balaban J connectivity index is 1.88. The van der Waals surface area contributed by atoms with Crippen LogP contribution >= 0.6 is 15.9 Å². The molecule has 0 bridgehead atoms. The molecule has 0 saturated carbocycles. The van der Waals surface area contributed by atoms with Gasteiger partial charge >= 0.3 is 0 Å². The zero-order valence-corrected chi connectivity index (χ0v) is 16.5. The molecule has 2 atom stereocenters. The molecular weight excluding hydrogens is 342 g/mol. The maximum absolute atomic E-state index is 6.52. The molecule has 1 aromatic carbocycles. The Morgan fingerprint density at radius 2 is 1.86 bits per heavy atom. The lowest BCUT2D eigenvalue weighted by Gasteiger charge is -2.38. The summed E-state index contributed by atoms with van der Waals surface area (Å²) in [6, 6.07) is 9.18. The third-order valence-corrected chi connectivity index (χ3v) is 9.91. The molecule has 1 aliphatic rings. The maximum Gasteiger partial charge on any atom is 0.192 e.